The van der Waals surface area contributed by atoms with Gasteiger partial charge < -0.3 is 10.7 Å². The molecular weight excluding hydrogens is 226 g/mol. The molecule has 94 valence electrons. The van der Waals surface area contributed by atoms with E-state index in [9.17, 15) is 4.79 Å². The number of benzene rings is 1. The first kappa shape index (κ1) is 12.2. The lowest BCUT2D eigenvalue weighted by molar-refractivity contribution is -0.114. The molecule has 0 fully saturated rings. The van der Waals surface area contributed by atoms with Crippen LogP contribution in [0.4, 0.5) is 5.69 Å². The van der Waals surface area contributed by atoms with E-state index >= 15 is 0 Å². The monoisotopic (exact) mass is 243 g/mol. The van der Waals surface area contributed by atoms with E-state index in [2.05, 4.69) is 10.7 Å². The Morgan fingerprint density at radius 2 is 1.67 bits per heavy atom. The lowest BCUT2D eigenvalue weighted by Gasteiger charge is -2.12. The van der Waals surface area contributed by atoms with Gasteiger partial charge in [-0.1, -0.05) is 18.2 Å². The zero-order valence-electron chi connectivity index (χ0n) is 10.6. The number of para-hydroxylation sites is 1. The summed E-state index contributed by atoms with van der Waals surface area (Å²) in [6, 6.07) is 13.5. The number of nitrogens with one attached hydrogen (secondary N) is 2. The van der Waals surface area contributed by atoms with E-state index in [1.807, 2.05) is 61.0 Å². The Morgan fingerprint density at radius 3 is 2.28 bits per heavy atom. The van der Waals surface area contributed by atoms with Crippen LogP contribution >= 0.6 is 0 Å². The van der Waals surface area contributed by atoms with Crippen molar-refractivity contribution < 1.29 is 4.79 Å². The van der Waals surface area contributed by atoms with Crippen LogP contribution < -0.4 is 10.7 Å². The summed E-state index contributed by atoms with van der Waals surface area (Å²) in [6.45, 7) is 4.23. The molecule has 0 saturated carbocycles. The Labute approximate surface area is 107 Å². The lowest BCUT2D eigenvalue weighted by Crippen LogP contribution is -2.28. The third-order valence-corrected chi connectivity index (χ3v) is 2.73. The van der Waals surface area contributed by atoms with Gasteiger partial charge in [0.05, 0.1) is 0 Å². The average Bonchev–Trinajstić information content (AvgIpc) is 2.68. The van der Waals surface area contributed by atoms with Gasteiger partial charge in [-0.2, -0.15) is 0 Å². The molecule has 0 spiro atoms. The number of rotatable bonds is 4. The second-order valence-corrected chi connectivity index (χ2v) is 4.20. The Bertz CT molecular complexity index is 512. The molecule has 0 aliphatic carbocycles. The molecule has 18 heavy (non-hydrogen) atoms. The second-order valence-electron chi connectivity index (χ2n) is 4.20. The highest BCUT2D eigenvalue weighted by Crippen LogP contribution is 2.05. The predicted octanol–water partition coefficient (Wildman–Crippen LogP) is 2.29. The van der Waals surface area contributed by atoms with Crippen molar-refractivity contribution in [2.45, 2.75) is 13.8 Å². The number of aromatic nitrogens is 1. The predicted molar refractivity (Wildman–Crippen MR) is 73.2 cm³/mol. The van der Waals surface area contributed by atoms with Crippen molar-refractivity contribution in [2.24, 2.45) is 0 Å². The number of amides is 1. The third-order valence-electron chi connectivity index (χ3n) is 2.73. The fraction of sp³-hybridized carbons (Fsp3) is 0.214. The first-order chi connectivity index (χ1) is 8.66. The van der Waals surface area contributed by atoms with Crippen LogP contribution in [-0.2, 0) is 4.79 Å². The van der Waals surface area contributed by atoms with Gasteiger partial charge in [0.15, 0.2) is 0 Å². The summed E-state index contributed by atoms with van der Waals surface area (Å²) < 4.78 is 1.91. The summed E-state index contributed by atoms with van der Waals surface area (Å²) in [5.74, 6) is -0.0614. The molecule has 0 bridgehead atoms. The first-order valence-corrected chi connectivity index (χ1v) is 5.90. The highest BCUT2D eigenvalue weighted by Gasteiger charge is 2.04. The summed E-state index contributed by atoms with van der Waals surface area (Å²) in [4.78, 5) is 11.7. The average molecular weight is 243 g/mol. The Kier molecular flexibility index (Phi) is 3.67. The van der Waals surface area contributed by atoms with Crippen LogP contribution in [0.5, 0.6) is 0 Å². The molecule has 4 heteroatoms. The van der Waals surface area contributed by atoms with Crippen LogP contribution in [-0.4, -0.2) is 17.1 Å². The van der Waals surface area contributed by atoms with Crippen molar-refractivity contribution in [3.63, 3.8) is 0 Å². The van der Waals surface area contributed by atoms with E-state index in [-0.39, 0.29) is 12.5 Å². The van der Waals surface area contributed by atoms with E-state index in [0.29, 0.717) is 0 Å². The molecule has 2 aromatic rings. The highest BCUT2D eigenvalue weighted by atomic mass is 16.2. The van der Waals surface area contributed by atoms with Gasteiger partial charge in [0.25, 0.3) is 0 Å². The van der Waals surface area contributed by atoms with Crippen molar-refractivity contribution >= 4 is 11.6 Å². The largest absolute Gasteiger partial charge is 0.325 e. The maximum atomic E-state index is 11.7. The van der Waals surface area contributed by atoms with Crippen LogP contribution in [0.1, 0.15) is 11.4 Å². The van der Waals surface area contributed by atoms with Crippen molar-refractivity contribution in [3.05, 3.63) is 53.9 Å². The number of hydrogen-bond donors (Lipinski definition) is 2. The van der Waals surface area contributed by atoms with Crippen molar-refractivity contribution in [2.75, 3.05) is 17.3 Å². The van der Waals surface area contributed by atoms with Gasteiger partial charge in [-0.25, -0.2) is 0 Å². The molecule has 4 nitrogen and oxygen atoms in total. The van der Waals surface area contributed by atoms with Gasteiger partial charge in [-0.05, 0) is 38.1 Å². The third kappa shape index (κ3) is 2.91. The maximum Gasteiger partial charge on any atom is 0.245 e. The number of aryl methyl sites for hydroxylation is 2. The molecular formula is C14H17N3O. The number of anilines is 1. The van der Waals surface area contributed by atoms with Crippen LogP contribution in [0.3, 0.4) is 0 Å². The quantitative estimate of drug-likeness (QED) is 0.865. The molecule has 0 aliphatic rings. The zero-order chi connectivity index (χ0) is 13.0. The van der Waals surface area contributed by atoms with E-state index in [1.165, 1.54) is 0 Å². The summed E-state index contributed by atoms with van der Waals surface area (Å²) in [7, 11) is 0. The van der Waals surface area contributed by atoms with Crippen molar-refractivity contribution in [1.82, 2.24) is 4.68 Å². The Hall–Kier alpha value is -2.23. The molecule has 0 unspecified atom stereocenters. The fourth-order valence-electron chi connectivity index (χ4n) is 1.80. The normalized spacial score (nSPS) is 10.1. The van der Waals surface area contributed by atoms with Gasteiger partial charge in [-0.3, -0.25) is 9.47 Å². The topological polar surface area (TPSA) is 46.1 Å². The van der Waals surface area contributed by atoms with Crippen LogP contribution in [0, 0.1) is 13.8 Å². The molecule has 0 radical (unpaired) electrons. The van der Waals surface area contributed by atoms with Crippen molar-refractivity contribution in [1.29, 1.82) is 0 Å². The molecule has 1 heterocycles. The molecule has 1 aromatic carbocycles. The van der Waals surface area contributed by atoms with Gasteiger partial charge in [0.2, 0.25) is 5.91 Å². The minimum absolute atomic E-state index is 0.0614. The smallest absolute Gasteiger partial charge is 0.245 e. The standard InChI is InChI=1S/C14H17N3O/c1-11-8-9-12(2)17(11)15-10-14(18)16-13-6-4-3-5-7-13/h3-9,15H,10H2,1-2H3,(H,16,18). The number of hydrogen-bond acceptors (Lipinski definition) is 2. The molecule has 0 aliphatic heterocycles. The molecule has 0 atom stereocenters. The molecule has 2 rings (SSSR count). The lowest BCUT2D eigenvalue weighted by atomic mass is 10.3. The minimum Gasteiger partial charge on any atom is -0.325 e. The van der Waals surface area contributed by atoms with E-state index in [1.54, 1.807) is 0 Å². The summed E-state index contributed by atoms with van der Waals surface area (Å²) >= 11 is 0. The second kappa shape index (κ2) is 5.40. The first-order valence-electron chi connectivity index (χ1n) is 5.90. The minimum atomic E-state index is -0.0614. The maximum absolute atomic E-state index is 11.7. The fourth-order valence-corrected chi connectivity index (χ4v) is 1.80. The number of nitrogens with zero attached hydrogens (tertiary/aromatic N) is 1. The van der Waals surface area contributed by atoms with Crippen LogP contribution in [0.15, 0.2) is 42.5 Å². The Morgan fingerprint density at radius 1 is 1.06 bits per heavy atom. The molecule has 2 N–H and O–H groups in total. The van der Waals surface area contributed by atoms with Gasteiger partial charge in [-0.15, -0.1) is 0 Å². The summed E-state index contributed by atoms with van der Waals surface area (Å²) in [6.07, 6.45) is 0. The molecule has 1 aromatic heterocycles. The van der Waals surface area contributed by atoms with Gasteiger partial charge in [0.1, 0.15) is 6.54 Å². The molecule has 0 saturated heterocycles. The zero-order valence-corrected chi connectivity index (χ0v) is 10.6. The Balaban J connectivity index is 1.89. The summed E-state index contributed by atoms with van der Waals surface area (Å²) in [5.41, 5.74) is 6.06. The molecule has 1 amide bonds. The van der Waals surface area contributed by atoms with Gasteiger partial charge in [0, 0.05) is 17.1 Å². The van der Waals surface area contributed by atoms with Crippen LogP contribution in [0.2, 0.25) is 0 Å². The van der Waals surface area contributed by atoms with E-state index in [0.717, 1.165) is 17.1 Å². The number of carbonyl (C=O) groups is 1. The highest BCUT2D eigenvalue weighted by molar-refractivity contribution is 5.92. The SMILES string of the molecule is Cc1ccc(C)n1NCC(=O)Nc1ccccc1. The van der Waals surface area contributed by atoms with E-state index < -0.39 is 0 Å². The van der Waals surface area contributed by atoms with Crippen LogP contribution in [0.25, 0.3) is 0 Å². The van der Waals surface area contributed by atoms with Gasteiger partial charge >= 0.3 is 0 Å². The van der Waals surface area contributed by atoms with Crippen molar-refractivity contribution in [3.8, 4) is 0 Å². The number of carbonyl (C=O) groups excluding carboxylic acids is 1. The summed E-state index contributed by atoms with van der Waals surface area (Å²) in [5, 5.41) is 2.83. The van der Waals surface area contributed by atoms with E-state index in [4.69, 9.17) is 0 Å².